The topological polar surface area (TPSA) is 54.4 Å². The van der Waals surface area contributed by atoms with Gasteiger partial charge in [-0.25, -0.2) is 0 Å². The van der Waals surface area contributed by atoms with Crippen molar-refractivity contribution in [2.75, 3.05) is 0 Å². The predicted molar refractivity (Wildman–Crippen MR) is 50.3 cm³/mol. The van der Waals surface area contributed by atoms with E-state index in [-0.39, 0.29) is 0 Å². The number of carboxylic acid groups (broad SMARTS) is 1. The standard InChI is InChI=1S/C10H14O3/c1-4-8(9(12)13)10(5-2,6-3)7-11/h4-5,7-8H,1-2,6H2,3H3,(H,12,13). The number of hydrogen-bond donors (Lipinski definition) is 1. The van der Waals surface area contributed by atoms with Gasteiger partial charge in [-0.1, -0.05) is 19.1 Å². The number of aldehydes is 1. The maximum absolute atomic E-state index is 10.8. The highest BCUT2D eigenvalue weighted by atomic mass is 16.4. The van der Waals surface area contributed by atoms with Crippen LogP contribution in [0.25, 0.3) is 0 Å². The number of rotatable bonds is 6. The second-order valence-corrected chi connectivity index (χ2v) is 2.84. The Balaban J connectivity index is 5.09. The quantitative estimate of drug-likeness (QED) is 0.502. The van der Waals surface area contributed by atoms with Gasteiger partial charge in [-0.15, -0.1) is 13.2 Å². The van der Waals surface area contributed by atoms with E-state index in [9.17, 15) is 9.59 Å². The molecule has 0 rings (SSSR count). The minimum Gasteiger partial charge on any atom is -0.481 e. The van der Waals surface area contributed by atoms with Gasteiger partial charge in [0.05, 0.1) is 11.3 Å². The van der Waals surface area contributed by atoms with E-state index in [0.29, 0.717) is 12.7 Å². The number of hydrogen-bond acceptors (Lipinski definition) is 2. The summed E-state index contributed by atoms with van der Waals surface area (Å²) in [5.41, 5.74) is -1.02. The lowest BCUT2D eigenvalue weighted by molar-refractivity contribution is -0.145. The molecule has 0 aliphatic heterocycles. The summed E-state index contributed by atoms with van der Waals surface area (Å²) < 4.78 is 0. The molecule has 0 amide bonds. The Morgan fingerprint density at radius 1 is 1.62 bits per heavy atom. The van der Waals surface area contributed by atoms with Gasteiger partial charge in [-0.2, -0.15) is 0 Å². The van der Waals surface area contributed by atoms with Crippen molar-refractivity contribution in [1.82, 2.24) is 0 Å². The molecule has 13 heavy (non-hydrogen) atoms. The Bertz CT molecular complexity index is 222. The second kappa shape index (κ2) is 4.60. The summed E-state index contributed by atoms with van der Waals surface area (Å²) in [7, 11) is 0. The average Bonchev–Trinajstić information content (AvgIpc) is 2.13. The van der Waals surface area contributed by atoms with E-state index in [1.54, 1.807) is 6.92 Å². The fourth-order valence-electron chi connectivity index (χ4n) is 1.25. The van der Waals surface area contributed by atoms with E-state index in [1.807, 2.05) is 0 Å². The van der Waals surface area contributed by atoms with Crippen molar-refractivity contribution in [3.8, 4) is 0 Å². The molecule has 0 saturated heterocycles. The van der Waals surface area contributed by atoms with Gasteiger partial charge in [-0.3, -0.25) is 4.79 Å². The Kier molecular flexibility index (Phi) is 4.11. The molecule has 0 radical (unpaired) electrons. The summed E-state index contributed by atoms with van der Waals surface area (Å²) in [6.45, 7) is 8.63. The Morgan fingerprint density at radius 2 is 2.15 bits per heavy atom. The van der Waals surface area contributed by atoms with Gasteiger partial charge in [0.15, 0.2) is 0 Å². The molecule has 2 atom stereocenters. The van der Waals surface area contributed by atoms with Crippen molar-refractivity contribution in [3.63, 3.8) is 0 Å². The SMILES string of the molecule is C=CC(C(=O)O)C(C=C)(C=O)CC. The van der Waals surface area contributed by atoms with E-state index in [0.717, 1.165) is 0 Å². The molecule has 0 aromatic carbocycles. The third kappa shape index (κ3) is 2.05. The minimum absolute atomic E-state index is 0.406. The van der Waals surface area contributed by atoms with Gasteiger partial charge in [0.1, 0.15) is 6.29 Å². The Morgan fingerprint density at radius 3 is 2.23 bits per heavy atom. The maximum atomic E-state index is 10.8. The zero-order chi connectivity index (χ0) is 10.5. The number of carboxylic acids is 1. The largest absolute Gasteiger partial charge is 0.481 e. The van der Waals surface area contributed by atoms with Crippen molar-refractivity contribution in [2.45, 2.75) is 13.3 Å². The third-order valence-electron chi connectivity index (χ3n) is 2.29. The van der Waals surface area contributed by atoms with Crippen LogP contribution < -0.4 is 0 Å². The third-order valence-corrected chi connectivity index (χ3v) is 2.29. The monoisotopic (exact) mass is 182 g/mol. The second-order valence-electron chi connectivity index (χ2n) is 2.84. The van der Waals surface area contributed by atoms with Crippen LogP contribution in [0.2, 0.25) is 0 Å². The summed E-state index contributed by atoms with van der Waals surface area (Å²) >= 11 is 0. The molecule has 0 aliphatic carbocycles. The lowest BCUT2D eigenvalue weighted by Gasteiger charge is -2.26. The molecular weight excluding hydrogens is 168 g/mol. The fraction of sp³-hybridized carbons (Fsp3) is 0.400. The Hall–Kier alpha value is -1.38. The van der Waals surface area contributed by atoms with Gasteiger partial charge >= 0.3 is 5.97 Å². The van der Waals surface area contributed by atoms with Gasteiger partial charge in [0.25, 0.3) is 0 Å². The van der Waals surface area contributed by atoms with E-state index in [4.69, 9.17) is 5.11 Å². The minimum atomic E-state index is -1.05. The molecule has 3 nitrogen and oxygen atoms in total. The molecule has 0 heterocycles. The predicted octanol–water partition coefficient (Wildman–Crippen LogP) is 1.65. The molecule has 1 N–H and O–H groups in total. The molecule has 0 fully saturated rings. The van der Waals surface area contributed by atoms with E-state index in [1.165, 1.54) is 12.2 Å². The normalized spacial score (nSPS) is 16.7. The molecule has 0 saturated carbocycles. The number of carbonyl (C=O) groups excluding carboxylic acids is 1. The number of allylic oxidation sites excluding steroid dienone is 1. The highest BCUT2D eigenvalue weighted by molar-refractivity contribution is 5.80. The maximum Gasteiger partial charge on any atom is 0.311 e. The van der Waals surface area contributed by atoms with Crippen LogP contribution in [0.1, 0.15) is 13.3 Å². The lowest BCUT2D eigenvalue weighted by atomic mass is 9.74. The van der Waals surface area contributed by atoms with Crippen LogP contribution >= 0.6 is 0 Å². The molecular formula is C10H14O3. The van der Waals surface area contributed by atoms with Gasteiger partial charge in [-0.05, 0) is 6.42 Å². The van der Waals surface area contributed by atoms with Crippen LogP contribution in [0.15, 0.2) is 25.3 Å². The first-order valence-electron chi connectivity index (χ1n) is 4.03. The Labute approximate surface area is 77.8 Å². The van der Waals surface area contributed by atoms with Crippen molar-refractivity contribution in [2.24, 2.45) is 11.3 Å². The van der Waals surface area contributed by atoms with Crippen LogP contribution in [0.3, 0.4) is 0 Å². The first-order valence-corrected chi connectivity index (χ1v) is 4.03. The van der Waals surface area contributed by atoms with Crippen molar-refractivity contribution >= 4 is 12.3 Å². The first kappa shape index (κ1) is 11.6. The first-order chi connectivity index (χ1) is 6.07. The van der Waals surface area contributed by atoms with Crippen LogP contribution in [0.4, 0.5) is 0 Å². The zero-order valence-corrected chi connectivity index (χ0v) is 7.69. The summed E-state index contributed by atoms with van der Waals surface area (Å²) in [6.07, 6.45) is 3.67. The van der Waals surface area contributed by atoms with Gasteiger partial charge < -0.3 is 9.90 Å². The summed E-state index contributed by atoms with van der Waals surface area (Å²) in [6, 6.07) is 0. The lowest BCUT2D eigenvalue weighted by Crippen LogP contribution is -2.33. The smallest absolute Gasteiger partial charge is 0.311 e. The summed E-state index contributed by atoms with van der Waals surface area (Å²) in [4.78, 5) is 21.6. The molecule has 0 aliphatic rings. The van der Waals surface area contributed by atoms with Crippen LogP contribution in [0, 0.1) is 11.3 Å². The van der Waals surface area contributed by atoms with Crippen LogP contribution in [0.5, 0.6) is 0 Å². The van der Waals surface area contributed by atoms with Crippen molar-refractivity contribution in [3.05, 3.63) is 25.3 Å². The summed E-state index contributed by atoms with van der Waals surface area (Å²) in [5, 5.41) is 8.82. The molecule has 2 unspecified atom stereocenters. The molecule has 72 valence electrons. The van der Waals surface area contributed by atoms with Gasteiger partial charge in [0.2, 0.25) is 0 Å². The average molecular weight is 182 g/mol. The molecule has 3 heteroatoms. The fourth-order valence-corrected chi connectivity index (χ4v) is 1.25. The number of aliphatic carboxylic acids is 1. The van der Waals surface area contributed by atoms with E-state index in [2.05, 4.69) is 13.2 Å². The van der Waals surface area contributed by atoms with Crippen LogP contribution in [-0.2, 0) is 9.59 Å². The highest BCUT2D eigenvalue weighted by Crippen LogP contribution is 2.31. The molecule has 0 spiro atoms. The van der Waals surface area contributed by atoms with E-state index < -0.39 is 17.3 Å². The molecule has 0 aromatic heterocycles. The summed E-state index contributed by atoms with van der Waals surface area (Å²) in [5.74, 6) is -1.95. The number of carbonyl (C=O) groups is 2. The van der Waals surface area contributed by atoms with Crippen molar-refractivity contribution in [1.29, 1.82) is 0 Å². The zero-order valence-electron chi connectivity index (χ0n) is 7.69. The van der Waals surface area contributed by atoms with Gasteiger partial charge in [0, 0.05) is 0 Å². The molecule has 0 bridgehead atoms. The highest BCUT2D eigenvalue weighted by Gasteiger charge is 2.37. The molecule has 0 aromatic rings. The van der Waals surface area contributed by atoms with E-state index >= 15 is 0 Å². The van der Waals surface area contributed by atoms with Crippen LogP contribution in [-0.4, -0.2) is 17.4 Å². The van der Waals surface area contributed by atoms with Crippen molar-refractivity contribution < 1.29 is 14.7 Å².